The van der Waals surface area contributed by atoms with Gasteiger partial charge in [-0.25, -0.2) is 4.79 Å². The van der Waals surface area contributed by atoms with Crippen LogP contribution in [0.25, 0.3) is 10.9 Å². The third-order valence-corrected chi connectivity index (χ3v) is 3.07. The van der Waals surface area contributed by atoms with Crippen LogP contribution in [-0.2, 0) is 9.53 Å². The number of H-pyrrole nitrogens is 1. The van der Waals surface area contributed by atoms with Crippen LogP contribution in [0.4, 0.5) is 0 Å². The Balaban J connectivity index is 2.24. The Morgan fingerprint density at radius 3 is 2.70 bits per heavy atom. The minimum atomic E-state index is -1.47. The van der Waals surface area contributed by atoms with Crippen LogP contribution in [0, 0.1) is 0 Å². The monoisotopic (exact) mass is 276 g/mol. The minimum absolute atomic E-state index is 0.117. The van der Waals surface area contributed by atoms with Crippen LogP contribution < -0.4 is 5.32 Å². The molecule has 3 N–H and O–H groups in total. The Labute approximate surface area is 115 Å². The zero-order chi connectivity index (χ0) is 14.8. The molecular weight excluding hydrogens is 260 g/mol. The number of carboxylic acid groups (broad SMARTS) is 1. The summed E-state index contributed by atoms with van der Waals surface area (Å²) < 4.78 is 4.86. The van der Waals surface area contributed by atoms with Gasteiger partial charge in [-0.2, -0.15) is 0 Å². The van der Waals surface area contributed by atoms with Crippen LogP contribution in [0.15, 0.2) is 30.3 Å². The molecule has 1 atom stereocenters. The molecular formula is C14H16N2O4. The van der Waals surface area contributed by atoms with Crippen LogP contribution in [-0.4, -0.2) is 41.2 Å². The van der Waals surface area contributed by atoms with E-state index >= 15 is 0 Å². The fourth-order valence-corrected chi connectivity index (χ4v) is 1.95. The van der Waals surface area contributed by atoms with Crippen molar-refractivity contribution in [1.82, 2.24) is 10.3 Å². The summed E-state index contributed by atoms with van der Waals surface area (Å²) in [5.41, 5.74) is -0.334. The number of aliphatic carboxylic acids is 1. The van der Waals surface area contributed by atoms with Gasteiger partial charge in [-0.1, -0.05) is 18.2 Å². The molecule has 1 aromatic heterocycles. The summed E-state index contributed by atoms with van der Waals surface area (Å²) in [6.45, 7) is 1.29. The van der Waals surface area contributed by atoms with Crippen LogP contribution in [0.3, 0.4) is 0 Å². The highest BCUT2D eigenvalue weighted by Gasteiger charge is 2.35. The maximum absolute atomic E-state index is 12.1. The van der Waals surface area contributed by atoms with Crippen molar-refractivity contribution in [1.29, 1.82) is 0 Å². The van der Waals surface area contributed by atoms with Crippen molar-refractivity contribution < 1.29 is 19.4 Å². The van der Waals surface area contributed by atoms with Gasteiger partial charge in [-0.05, 0) is 19.1 Å². The molecule has 0 spiro atoms. The molecule has 0 saturated carbocycles. The van der Waals surface area contributed by atoms with E-state index in [1.165, 1.54) is 14.0 Å². The van der Waals surface area contributed by atoms with Crippen LogP contribution in [0.5, 0.6) is 0 Å². The molecule has 6 heteroatoms. The summed E-state index contributed by atoms with van der Waals surface area (Å²) in [6.07, 6.45) is 0. The summed E-state index contributed by atoms with van der Waals surface area (Å²) in [7, 11) is 1.39. The average molecular weight is 276 g/mol. The molecule has 0 aliphatic rings. The Morgan fingerprint density at radius 1 is 1.40 bits per heavy atom. The highest BCUT2D eigenvalue weighted by molar-refractivity contribution is 6.00. The van der Waals surface area contributed by atoms with E-state index in [1.54, 1.807) is 6.07 Å². The number of amides is 1. The Morgan fingerprint density at radius 2 is 2.10 bits per heavy atom. The van der Waals surface area contributed by atoms with E-state index in [0.29, 0.717) is 5.69 Å². The summed E-state index contributed by atoms with van der Waals surface area (Å²) >= 11 is 0. The molecule has 1 heterocycles. The van der Waals surface area contributed by atoms with Gasteiger partial charge in [-0.3, -0.25) is 4.79 Å². The number of ether oxygens (including phenoxy) is 1. The molecule has 0 fully saturated rings. The largest absolute Gasteiger partial charge is 0.479 e. The number of benzene rings is 1. The predicted molar refractivity (Wildman–Crippen MR) is 73.7 cm³/mol. The van der Waals surface area contributed by atoms with E-state index in [2.05, 4.69) is 10.3 Å². The second-order valence-corrected chi connectivity index (χ2v) is 4.79. The van der Waals surface area contributed by atoms with E-state index in [0.717, 1.165) is 10.9 Å². The highest BCUT2D eigenvalue weighted by atomic mass is 16.5. The van der Waals surface area contributed by atoms with Crippen molar-refractivity contribution in [3.63, 3.8) is 0 Å². The first-order valence-corrected chi connectivity index (χ1v) is 6.09. The van der Waals surface area contributed by atoms with E-state index in [9.17, 15) is 14.7 Å². The number of carboxylic acids is 1. The maximum atomic E-state index is 12.1. The van der Waals surface area contributed by atoms with Gasteiger partial charge in [0, 0.05) is 18.0 Å². The fourth-order valence-electron chi connectivity index (χ4n) is 1.95. The molecule has 0 aliphatic carbocycles. The Bertz CT molecular complexity index is 616. The zero-order valence-electron chi connectivity index (χ0n) is 11.3. The number of aromatic amines is 1. The first kappa shape index (κ1) is 14.1. The number of nitrogens with one attached hydrogen (secondary N) is 2. The van der Waals surface area contributed by atoms with E-state index in [1.807, 2.05) is 24.3 Å². The first-order valence-electron chi connectivity index (χ1n) is 6.09. The number of fused-ring (bicyclic) bond motifs is 1. The Kier molecular flexibility index (Phi) is 3.76. The van der Waals surface area contributed by atoms with Gasteiger partial charge in [0.05, 0.1) is 6.61 Å². The molecule has 1 aromatic carbocycles. The quantitative estimate of drug-likeness (QED) is 0.769. The number of hydrogen-bond donors (Lipinski definition) is 3. The number of para-hydroxylation sites is 1. The topological polar surface area (TPSA) is 91.4 Å². The highest BCUT2D eigenvalue weighted by Crippen LogP contribution is 2.15. The summed E-state index contributed by atoms with van der Waals surface area (Å²) in [6, 6.07) is 9.11. The number of carbonyl (C=O) groups excluding carboxylic acids is 1. The average Bonchev–Trinajstić information content (AvgIpc) is 2.82. The number of aromatic nitrogens is 1. The molecule has 0 aliphatic heterocycles. The van der Waals surface area contributed by atoms with Gasteiger partial charge in [-0.15, -0.1) is 0 Å². The summed E-state index contributed by atoms with van der Waals surface area (Å²) in [5, 5.41) is 12.6. The van der Waals surface area contributed by atoms with E-state index < -0.39 is 17.4 Å². The molecule has 6 nitrogen and oxygen atoms in total. The van der Waals surface area contributed by atoms with E-state index in [-0.39, 0.29) is 6.61 Å². The normalized spacial score (nSPS) is 13.9. The number of carbonyl (C=O) groups is 2. The standard InChI is InChI=1S/C14H16N2O4/c1-14(8-20-2,13(18)19)16-12(17)11-7-9-5-3-4-6-10(9)15-11/h3-7,15H,8H2,1-2H3,(H,16,17)(H,18,19). The third kappa shape index (κ3) is 2.65. The first-order chi connectivity index (χ1) is 9.46. The predicted octanol–water partition coefficient (Wildman–Crippen LogP) is 1.39. The van der Waals surface area contributed by atoms with Gasteiger partial charge in [0.15, 0.2) is 5.54 Å². The van der Waals surface area contributed by atoms with Gasteiger partial charge in [0.2, 0.25) is 0 Å². The van der Waals surface area contributed by atoms with Crippen molar-refractivity contribution in [3.05, 3.63) is 36.0 Å². The summed E-state index contributed by atoms with van der Waals surface area (Å²) in [4.78, 5) is 26.3. The van der Waals surface area contributed by atoms with Crippen LogP contribution >= 0.6 is 0 Å². The maximum Gasteiger partial charge on any atom is 0.331 e. The van der Waals surface area contributed by atoms with Gasteiger partial charge in [0.25, 0.3) is 5.91 Å². The SMILES string of the molecule is COCC(C)(NC(=O)c1cc2ccccc2[nH]1)C(=O)O. The lowest BCUT2D eigenvalue weighted by molar-refractivity contribution is -0.145. The second kappa shape index (κ2) is 5.34. The summed E-state index contributed by atoms with van der Waals surface area (Å²) in [5.74, 6) is -1.63. The molecule has 0 saturated heterocycles. The fraction of sp³-hybridized carbons (Fsp3) is 0.286. The molecule has 0 bridgehead atoms. The van der Waals surface area contributed by atoms with Crippen molar-refractivity contribution in [2.75, 3.05) is 13.7 Å². The van der Waals surface area contributed by atoms with E-state index in [4.69, 9.17) is 4.74 Å². The van der Waals surface area contributed by atoms with Crippen molar-refractivity contribution >= 4 is 22.8 Å². The molecule has 0 radical (unpaired) electrons. The lowest BCUT2D eigenvalue weighted by atomic mass is 10.0. The van der Waals surface area contributed by atoms with Crippen LogP contribution in [0.1, 0.15) is 17.4 Å². The molecule has 2 aromatic rings. The number of hydrogen-bond acceptors (Lipinski definition) is 3. The zero-order valence-corrected chi connectivity index (χ0v) is 11.3. The number of methoxy groups -OCH3 is 1. The van der Waals surface area contributed by atoms with Gasteiger partial charge in [0.1, 0.15) is 5.69 Å². The molecule has 20 heavy (non-hydrogen) atoms. The van der Waals surface area contributed by atoms with Gasteiger partial charge >= 0.3 is 5.97 Å². The van der Waals surface area contributed by atoms with Crippen molar-refractivity contribution in [2.24, 2.45) is 0 Å². The smallest absolute Gasteiger partial charge is 0.331 e. The van der Waals surface area contributed by atoms with Gasteiger partial charge < -0.3 is 20.1 Å². The van der Waals surface area contributed by atoms with Crippen LogP contribution in [0.2, 0.25) is 0 Å². The third-order valence-electron chi connectivity index (χ3n) is 3.07. The minimum Gasteiger partial charge on any atom is -0.479 e. The molecule has 2 rings (SSSR count). The molecule has 1 unspecified atom stereocenters. The second-order valence-electron chi connectivity index (χ2n) is 4.79. The van der Waals surface area contributed by atoms with Crippen molar-refractivity contribution in [2.45, 2.75) is 12.5 Å². The van der Waals surface area contributed by atoms with Crippen molar-refractivity contribution in [3.8, 4) is 0 Å². The number of rotatable bonds is 5. The lowest BCUT2D eigenvalue weighted by Crippen LogP contribution is -2.55. The lowest BCUT2D eigenvalue weighted by Gasteiger charge is -2.24. The molecule has 106 valence electrons. The molecule has 1 amide bonds. The Hall–Kier alpha value is -2.34.